The second-order valence-corrected chi connectivity index (χ2v) is 7.49. The lowest BCUT2D eigenvalue weighted by molar-refractivity contribution is -0.123. The van der Waals surface area contributed by atoms with Crippen LogP contribution in [0.3, 0.4) is 0 Å². The average Bonchev–Trinajstić information content (AvgIpc) is 2.73. The maximum Gasteiger partial charge on any atom is 0.258 e. The number of piperidine rings is 1. The van der Waals surface area contributed by atoms with Crippen LogP contribution in [-0.4, -0.2) is 32.7 Å². The highest BCUT2D eigenvalue weighted by atomic mass is 16.5. The minimum absolute atomic E-state index is 0.0469. The Morgan fingerprint density at radius 3 is 2.39 bits per heavy atom. The van der Waals surface area contributed by atoms with E-state index in [0.717, 1.165) is 24.6 Å². The molecule has 0 aliphatic carbocycles. The van der Waals surface area contributed by atoms with Crippen molar-refractivity contribution in [3.05, 3.63) is 54.1 Å². The first-order valence-electron chi connectivity index (χ1n) is 9.97. The molecule has 1 aliphatic rings. The van der Waals surface area contributed by atoms with E-state index in [2.05, 4.69) is 41.4 Å². The molecule has 0 saturated carbocycles. The normalized spacial score (nSPS) is 15.8. The minimum atomic E-state index is -0.160. The van der Waals surface area contributed by atoms with Gasteiger partial charge in [-0.15, -0.1) is 0 Å². The highest BCUT2D eigenvalue weighted by Gasteiger charge is 2.17. The average molecular weight is 383 g/mol. The van der Waals surface area contributed by atoms with E-state index in [9.17, 15) is 4.79 Å². The number of ether oxygens (including phenoxy) is 2. The molecule has 150 valence electrons. The number of methoxy groups -OCH3 is 1. The molecule has 0 aromatic heterocycles. The van der Waals surface area contributed by atoms with E-state index in [0.29, 0.717) is 11.5 Å². The number of nitrogens with one attached hydrogen (secondary N) is 1. The maximum atomic E-state index is 12.3. The summed E-state index contributed by atoms with van der Waals surface area (Å²) in [4.78, 5) is 14.7. The van der Waals surface area contributed by atoms with Gasteiger partial charge in [0, 0.05) is 18.8 Å². The summed E-state index contributed by atoms with van der Waals surface area (Å²) in [5, 5.41) is 2.99. The van der Waals surface area contributed by atoms with Gasteiger partial charge in [0.15, 0.2) is 18.1 Å². The molecule has 28 heavy (non-hydrogen) atoms. The number of carbonyl (C=O) groups is 1. The van der Waals surface area contributed by atoms with Crippen LogP contribution in [0.15, 0.2) is 48.5 Å². The minimum Gasteiger partial charge on any atom is -0.493 e. The predicted octanol–water partition coefficient (Wildman–Crippen LogP) is 4.19. The molecule has 1 atom stereocenters. The quantitative estimate of drug-likeness (QED) is 0.780. The molecule has 1 fully saturated rings. The van der Waals surface area contributed by atoms with Crippen molar-refractivity contribution in [3.8, 4) is 11.5 Å². The molecular weight excluding hydrogens is 352 g/mol. The van der Waals surface area contributed by atoms with E-state index in [1.807, 2.05) is 19.1 Å². The summed E-state index contributed by atoms with van der Waals surface area (Å²) < 4.78 is 10.8. The third-order valence-electron chi connectivity index (χ3n) is 5.35. The number of hydrogen-bond donors (Lipinski definition) is 1. The summed E-state index contributed by atoms with van der Waals surface area (Å²) in [7, 11) is 1.58. The molecule has 0 spiro atoms. The van der Waals surface area contributed by atoms with Crippen molar-refractivity contribution >= 4 is 11.6 Å². The van der Waals surface area contributed by atoms with Crippen LogP contribution in [0.25, 0.3) is 0 Å². The first-order valence-corrected chi connectivity index (χ1v) is 9.97. The number of hydrogen-bond acceptors (Lipinski definition) is 4. The van der Waals surface area contributed by atoms with Crippen LogP contribution in [0.1, 0.15) is 38.3 Å². The predicted molar refractivity (Wildman–Crippen MR) is 112 cm³/mol. The second kappa shape index (κ2) is 9.49. The van der Waals surface area contributed by atoms with Gasteiger partial charge in [-0.3, -0.25) is 4.79 Å². The summed E-state index contributed by atoms with van der Waals surface area (Å²) in [5.41, 5.74) is 2.34. The van der Waals surface area contributed by atoms with Gasteiger partial charge in [-0.05, 0) is 55.5 Å². The Labute approximate surface area is 167 Å². The third kappa shape index (κ3) is 5.18. The first kappa shape index (κ1) is 20.1. The van der Waals surface area contributed by atoms with Crippen LogP contribution >= 0.6 is 0 Å². The van der Waals surface area contributed by atoms with E-state index < -0.39 is 0 Å². The van der Waals surface area contributed by atoms with Gasteiger partial charge in [0.05, 0.1) is 13.2 Å². The lowest BCUT2D eigenvalue weighted by Crippen LogP contribution is -2.33. The fourth-order valence-corrected chi connectivity index (χ4v) is 3.49. The monoisotopic (exact) mass is 382 g/mol. The number of benzene rings is 2. The topological polar surface area (TPSA) is 50.8 Å². The van der Waals surface area contributed by atoms with Crippen molar-refractivity contribution in [2.45, 2.75) is 32.7 Å². The van der Waals surface area contributed by atoms with Gasteiger partial charge in [0.1, 0.15) is 0 Å². The van der Waals surface area contributed by atoms with Crippen molar-refractivity contribution in [1.82, 2.24) is 5.32 Å². The number of rotatable bonds is 7. The van der Waals surface area contributed by atoms with Gasteiger partial charge in [0.2, 0.25) is 0 Å². The van der Waals surface area contributed by atoms with Crippen molar-refractivity contribution < 1.29 is 14.3 Å². The molecule has 1 saturated heterocycles. The number of para-hydroxylation sites is 2. The summed E-state index contributed by atoms with van der Waals surface area (Å²) in [6.07, 6.45) is 2.50. The smallest absolute Gasteiger partial charge is 0.258 e. The van der Waals surface area contributed by atoms with Crippen LogP contribution in [-0.2, 0) is 4.79 Å². The number of anilines is 1. The Balaban J connectivity index is 1.51. The van der Waals surface area contributed by atoms with Crippen LogP contribution in [0, 0.1) is 5.92 Å². The molecule has 0 radical (unpaired) electrons. The van der Waals surface area contributed by atoms with E-state index >= 15 is 0 Å². The van der Waals surface area contributed by atoms with Gasteiger partial charge in [0.25, 0.3) is 5.91 Å². The zero-order chi connectivity index (χ0) is 19.9. The molecule has 1 aliphatic heterocycles. The standard InChI is InChI=1S/C23H30N2O3/c1-17-12-14-25(15-13-17)20-10-8-19(9-11-20)18(2)24-23(26)16-28-22-7-5-4-6-21(22)27-3/h4-11,17-18H,12-16H2,1-3H3,(H,24,26). The molecular formula is C23H30N2O3. The Kier molecular flexibility index (Phi) is 6.80. The highest BCUT2D eigenvalue weighted by Crippen LogP contribution is 2.26. The summed E-state index contributed by atoms with van der Waals surface area (Å²) in [6, 6.07) is 15.7. The molecule has 2 aromatic rings. The largest absolute Gasteiger partial charge is 0.493 e. The van der Waals surface area contributed by atoms with Gasteiger partial charge in [-0.2, -0.15) is 0 Å². The zero-order valence-corrected chi connectivity index (χ0v) is 17.0. The van der Waals surface area contributed by atoms with Gasteiger partial charge >= 0.3 is 0 Å². The molecule has 1 N–H and O–H groups in total. The lowest BCUT2D eigenvalue weighted by atomic mass is 9.98. The Bertz CT molecular complexity index is 768. The number of nitrogens with zero attached hydrogens (tertiary/aromatic N) is 1. The Morgan fingerprint density at radius 2 is 1.75 bits per heavy atom. The number of carbonyl (C=O) groups excluding carboxylic acids is 1. The van der Waals surface area contributed by atoms with Crippen LogP contribution in [0.4, 0.5) is 5.69 Å². The second-order valence-electron chi connectivity index (χ2n) is 7.49. The van der Waals surface area contributed by atoms with Gasteiger partial charge in [-0.1, -0.05) is 31.2 Å². The van der Waals surface area contributed by atoms with E-state index in [1.165, 1.54) is 18.5 Å². The van der Waals surface area contributed by atoms with Crippen LogP contribution < -0.4 is 19.7 Å². The highest BCUT2D eigenvalue weighted by molar-refractivity contribution is 5.78. The maximum absolute atomic E-state index is 12.3. The SMILES string of the molecule is COc1ccccc1OCC(=O)NC(C)c1ccc(N2CCC(C)CC2)cc1. The Hall–Kier alpha value is -2.69. The van der Waals surface area contributed by atoms with E-state index in [4.69, 9.17) is 9.47 Å². The van der Waals surface area contributed by atoms with E-state index in [1.54, 1.807) is 19.2 Å². The first-order chi connectivity index (χ1) is 13.6. The van der Waals surface area contributed by atoms with Crippen molar-refractivity contribution in [3.63, 3.8) is 0 Å². The fraction of sp³-hybridized carbons (Fsp3) is 0.435. The van der Waals surface area contributed by atoms with Crippen molar-refractivity contribution in [1.29, 1.82) is 0 Å². The molecule has 2 aromatic carbocycles. The molecule has 1 heterocycles. The third-order valence-corrected chi connectivity index (χ3v) is 5.35. The molecule has 1 amide bonds. The van der Waals surface area contributed by atoms with Crippen molar-refractivity contribution in [2.24, 2.45) is 5.92 Å². The molecule has 1 unspecified atom stereocenters. The summed E-state index contributed by atoms with van der Waals surface area (Å²) in [5.74, 6) is 1.84. The van der Waals surface area contributed by atoms with E-state index in [-0.39, 0.29) is 18.6 Å². The number of amides is 1. The molecule has 0 bridgehead atoms. The summed E-state index contributed by atoms with van der Waals surface area (Å²) >= 11 is 0. The lowest BCUT2D eigenvalue weighted by Gasteiger charge is -2.32. The van der Waals surface area contributed by atoms with Gasteiger partial charge < -0.3 is 19.7 Å². The Morgan fingerprint density at radius 1 is 1.11 bits per heavy atom. The van der Waals surface area contributed by atoms with Crippen molar-refractivity contribution in [2.75, 3.05) is 31.7 Å². The van der Waals surface area contributed by atoms with Gasteiger partial charge in [-0.25, -0.2) is 0 Å². The molecule has 5 nitrogen and oxygen atoms in total. The molecule has 5 heteroatoms. The molecule has 3 rings (SSSR count). The summed E-state index contributed by atoms with van der Waals surface area (Å²) in [6.45, 7) is 6.50. The zero-order valence-electron chi connectivity index (χ0n) is 17.0. The van der Waals surface area contributed by atoms with Crippen LogP contribution in [0.2, 0.25) is 0 Å². The van der Waals surface area contributed by atoms with Crippen LogP contribution in [0.5, 0.6) is 11.5 Å². The fourth-order valence-electron chi connectivity index (χ4n) is 3.49.